The second kappa shape index (κ2) is 11.0. The van der Waals surface area contributed by atoms with Crippen LogP contribution in [0.2, 0.25) is 10.0 Å². The maximum Gasteiger partial charge on any atom is 0.267 e. The molecular weight excluding hydrogens is 558 g/mol. The number of sulfonamides is 1. The summed E-state index contributed by atoms with van der Waals surface area (Å²) in [6, 6.07) is 8.92. The van der Waals surface area contributed by atoms with Crippen molar-refractivity contribution < 1.29 is 27.5 Å². The Hall–Kier alpha value is -2.44. The first-order valence-electron chi connectivity index (χ1n) is 12.0. The number of anilines is 1. The quantitative estimate of drug-likeness (QED) is 0.456. The molecule has 3 N–H and O–H groups in total. The molecule has 2 saturated heterocycles. The van der Waals surface area contributed by atoms with Crippen LogP contribution in [0.25, 0.3) is 0 Å². The number of carbonyl (C=O) groups is 2. The van der Waals surface area contributed by atoms with Crippen LogP contribution in [0.5, 0.6) is 0 Å². The molecule has 0 aromatic heterocycles. The van der Waals surface area contributed by atoms with Crippen molar-refractivity contribution in [2.24, 2.45) is 0 Å². The molecule has 9 nitrogen and oxygen atoms in total. The Morgan fingerprint density at radius 2 is 1.71 bits per heavy atom. The number of carbonyl (C=O) groups excluding carboxylic acids is 2. The van der Waals surface area contributed by atoms with Crippen molar-refractivity contribution in [2.45, 2.75) is 37.5 Å². The first-order valence-corrected chi connectivity index (χ1v) is 14.7. The van der Waals surface area contributed by atoms with E-state index in [9.17, 15) is 27.5 Å². The van der Waals surface area contributed by atoms with E-state index in [1.54, 1.807) is 11.0 Å². The number of nitrogens with zero attached hydrogens (tertiary/aromatic N) is 2. The Labute approximate surface area is 230 Å². The van der Waals surface area contributed by atoms with E-state index >= 15 is 0 Å². The summed E-state index contributed by atoms with van der Waals surface area (Å²) in [6.45, 7) is 3.89. The maximum atomic E-state index is 13.6. The summed E-state index contributed by atoms with van der Waals surface area (Å²) in [5, 5.41) is 14.2. The number of rotatable bonds is 7. The third-order valence-corrected chi connectivity index (χ3v) is 8.05. The number of nitrogens with one attached hydrogen (secondary N) is 2. The molecule has 2 heterocycles. The van der Waals surface area contributed by atoms with Crippen molar-refractivity contribution in [3.05, 3.63) is 63.4 Å². The van der Waals surface area contributed by atoms with Gasteiger partial charge in [0.1, 0.15) is 5.82 Å². The number of likely N-dealkylation sites (tertiary alicyclic amines) is 2. The zero-order valence-electron chi connectivity index (χ0n) is 20.9. The molecule has 2 amide bonds. The van der Waals surface area contributed by atoms with Gasteiger partial charge in [-0.2, -0.15) is 0 Å². The van der Waals surface area contributed by atoms with E-state index in [0.717, 1.165) is 32.2 Å². The summed E-state index contributed by atoms with van der Waals surface area (Å²) < 4.78 is 38.1. The Morgan fingerprint density at radius 3 is 2.26 bits per heavy atom. The molecular formula is C25H29Cl2FN4O5S. The van der Waals surface area contributed by atoms with Crippen LogP contribution in [0.3, 0.4) is 0 Å². The summed E-state index contributed by atoms with van der Waals surface area (Å²) in [4.78, 5) is 29.1. The predicted octanol–water partition coefficient (Wildman–Crippen LogP) is 2.82. The molecule has 38 heavy (non-hydrogen) atoms. The van der Waals surface area contributed by atoms with E-state index in [0.29, 0.717) is 18.8 Å². The van der Waals surface area contributed by atoms with E-state index in [-0.39, 0.29) is 33.3 Å². The summed E-state index contributed by atoms with van der Waals surface area (Å²) in [6.07, 6.45) is 2.36. The minimum Gasteiger partial charge on any atom is -0.380 e. The first kappa shape index (κ1) is 28.6. The molecule has 0 bridgehead atoms. The van der Waals surface area contributed by atoms with Crippen LogP contribution < -0.4 is 10.0 Å². The molecule has 2 aliphatic heterocycles. The fourth-order valence-electron chi connectivity index (χ4n) is 4.89. The van der Waals surface area contributed by atoms with E-state index in [1.165, 1.54) is 37.3 Å². The van der Waals surface area contributed by atoms with E-state index in [2.05, 4.69) is 10.2 Å². The Bertz CT molecular complexity index is 1320. The van der Waals surface area contributed by atoms with E-state index in [4.69, 9.17) is 23.2 Å². The van der Waals surface area contributed by atoms with Crippen molar-refractivity contribution >= 4 is 50.7 Å². The molecule has 2 aromatic carbocycles. The summed E-state index contributed by atoms with van der Waals surface area (Å²) in [5.74, 6) is -1.84. The van der Waals surface area contributed by atoms with Gasteiger partial charge in [0, 0.05) is 37.9 Å². The number of piperidine rings is 1. The number of amides is 2. The van der Waals surface area contributed by atoms with Gasteiger partial charge < -0.3 is 15.3 Å². The third kappa shape index (κ3) is 6.40. The lowest BCUT2D eigenvalue weighted by Crippen LogP contribution is -2.61. The molecule has 0 spiro atoms. The van der Waals surface area contributed by atoms with E-state index in [1.807, 2.05) is 4.72 Å². The number of hydrogen-bond donors (Lipinski definition) is 3. The zero-order valence-corrected chi connectivity index (χ0v) is 23.2. The Balaban J connectivity index is 1.28. The van der Waals surface area contributed by atoms with Crippen LogP contribution in [-0.2, 0) is 20.4 Å². The van der Waals surface area contributed by atoms with Crippen LogP contribution >= 0.6 is 23.2 Å². The summed E-state index contributed by atoms with van der Waals surface area (Å²) in [7, 11) is -3.76. The van der Waals surface area contributed by atoms with Gasteiger partial charge in [-0.25, -0.2) is 17.5 Å². The molecule has 0 saturated carbocycles. The fraction of sp³-hybridized carbons (Fsp3) is 0.440. The second-order valence-electron chi connectivity index (χ2n) is 9.92. The van der Waals surface area contributed by atoms with Crippen molar-refractivity contribution in [1.82, 2.24) is 14.5 Å². The molecule has 2 aromatic rings. The van der Waals surface area contributed by atoms with Gasteiger partial charge in [-0.15, -0.1) is 0 Å². The van der Waals surface area contributed by atoms with Gasteiger partial charge in [-0.3, -0.25) is 14.5 Å². The van der Waals surface area contributed by atoms with Crippen LogP contribution in [0.4, 0.5) is 10.1 Å². The normalized spacial score (nSPS) is 18.9. The molecule has 1 atom stereocenters. The minimum atomic E-state index is -3.76. The lowest BCUT2D eigenvalue weighted by atomic mass is 9.92. The summed E-state index contributed by atoms with van der Waals surface area (Å²) >= 11 is 12.4. The highest BCUT2D eigenvalue weighted by atomic mass is 35.5. The summed E-state index contributed by atoms with van der Waals surface area (Å²) in [5.41, 5.74) is -1.08. The van der Waals surface area contributed by atoms with Crippen molar-refractivity contribution in [2.75, 3.05) is 37.8 Å². The molecule has 13 heteroatoms. The molecule has 0 aliphatic carbocycles. The molecule has 4 rings (SSSR count). The monoisotopic (exact) mass is 586 g/mol. The average molecular weight is 588 g/mol. The average Bonchev–Trinajstić information content (AvgIpc) is 2.79. The number of hydrogen-bond acceptors (Lipinski definition) is 7. The van der Waals surface area contributed by atoms with E-state index < -0.39 is 33.3 Å². The van der Waals surface area contributed by atoms with Gasteiger partial charge in [-0.1, -0.05) is 35.3 Å². The van der Waals surface area contributed by atoms with Gasteiger partial charge in [0.15, 0.2) is 5.60 Å². The molecule has 0 unspecified atom stereocenters. The van der Waals surface area contributed by atoms with Crippen molar-refractivity contribution in [3.63, 3.8) is 0 Å². The van der Waals surface area contributed by atoms with Crippen molar-refractivity contribution in [3.8, 4) is 0 Å². The molecule has 2 aliphatic rings. The minimum absolute atomic E-state index is 0.0310. The smallest absolute Gasteiger partial charge is 0.267 e. The van der Waals surface area contributed by atoms with Gasteiger partial charge in [0.25, 0.3) is 11.8 Å². The number of benzene rings is 2. The Morgan fingerprint density at radius 1 is 1.11 bits per heavy atom. The van der Waals surface area contributed by atoms with Gasteiger partial charge in [0.2, 0.25) is 10.0 Å². The maximum absolute atomic E-state index is 13.6. The largest absolute Gasteiger partial charge is 0.380 e. The lowest BCUT2D eigenvalue weighted by molar-refractivity contribution is -0.152. The standard InChI is InChI=1S/C25H29Cl2FN4O5S/c1-25(35,15-4-3-5-16(28)10-15)24(34)31-8-6-19(7-9-31)32-13-18(14-32)29-17-11-20(26)22(21(27)12-17)23(33)30-38(2,36)37/h3-5,10-12,18-19,29,35H,6-9,13-14H2,1-2H3,(H,30,33)/t25-/m0/s1. The van der Waals surface area contributed by atoms with Gasteiger partial charge in [0.05, 0.1) is 27.9 Å². The molecule has 206 valence electrons. The first-order chi connectivity index (χ1) is 17.7. The van der Waals surface area contributed by atoms with Crippen LogP contribution in [-0.4, -0.2) is 79.7 Å². The predicted molar refractivity (Wildman–Crippen MR) is 143 cm³/mol. The van der Waals surface area contributed by atoms with Gasteiger partial charge in [-0.05, 0) is 49.6 Å². The topological polar surface area (TPSA) is 119 Å². The highest BCUT2D eigenvalue weighted by molar-refractivity contribution is 7.89. The van der Waals surface area contributed by atoms with Crippen LogP contribution in [0.15, 0.2) is 36.4 Å². The Kier molecular flexibility index (Phi) is 8.25. The second-order valence-corrected chi connectivity index (χ2v) is 12.5. The molecule has 0 radical (unpaired) electrons. The number of aliphatic hydroxyl groups is 1. The fourth-order valence-corrected chi connectivity index (χ4v) is 5.98. The van der Waals surface area contributed by atoms with Crippen molar-refractivity contribution in [1.29, 1.82) is 0 Å². The van der Waals surface area contributed by atoms with Gasteiger partial charge >= 0.3 is 0 Å². The highest BCUT2D eigenvalue weighted by Gasteiger charge is 2.40. The highest BCUT2D eigenvalue weighted by Crippen LogP contribution is 2.32. The number of halogens is 3. The zero-order chi connectivity index (χ0) is 27.8. The van der Waals surface area contributed by atoms with Crippen LogP contribution in [0, 0.1) is 5.82 Å². The third-order valence-electron chi connectivity index (χ3n) is 6.90. The lowest BCUT2D eigenvalue weighted by Gasteiger charge is -2.48. The van der Waals surface area contributed by atoms with Crippen LogP contribution in [0.1, 0.15) is 35.7 Å². The molecule has 2 fully saturated rings. The SMILES string of the molecule is C[C@@](O)(C(=O)N1CCC(N2CC(Nc3cc(Cl)c(C(=O)NS(C)(=O)=O)c(Cl)c3)C2)CC1)c1cccc(F)c1.